The molecule has 138 valence electrons. The molecule has 0 aromatic heterocycles. The number of amides is 1. The molecule has 1 aliphatic heterocycles. The molecule has 1 heterocycles. The van der Waals surface area contributed by atoms with Gasteiger partial charge >= 0.3 is 0 Å². The van der Waals surface area contributed by atoms with Gasteiger partial charge in [0.1, 0.15) is 11.6 Å². The van der Waals surface area contributed by atoms with Crippen LogP contribution in [0, 0.1) is 5.82 Å². The molecule has 0 unspecified atom stereocenters. The Hall–Kier alpha value is -2.41. The number of likely N-dealkylation sites (tertiary alicyclic amines) is 1. The minimum atomic E-state index is -3.53. The van der Waals surface area contributed by atoms with Gasteiger partial charge in [-0.2, -0.15) is 0 Å². The van der Waals surface area contributed by atoms with Crippen LogP contribution in [0.1, 0.15) is 23.2 Å². The van der Waals surface area contributed by atoms with Crippen molar-refractivity contribution >= 4 is 15.7 Å². The molecule has 7 heteroatoms. The van der Waals surface area contributed by atoms with Crippen molar-refractivity contribution in [3.8, 4) is 5.75 Å². The topological polar surface area (TPSA) is 63.7 Å². The number of carbonyl (C=O) groups is 1. The van der Waals surface area contributed by atoms with Gasteiger partial charge in [0, 0.05) is 13.1 Å². The number of ether oxygens (including phenoxy) is 1. The highest BCUT2D eigenvalue weighted by Gasteiger charge is 2.33. The summed E-state index contributed by atoms with van der Waals surface area (Å²) in [7, 11) is -2.03. The summed E-state index contributed by atoms with van der Waals surface area (Å²) in [6.07, 6.45) is 0.696. The molecule has 0 atom stereocenters. The molecule has 26 heavy (non-hydrogen) atoms. The SMILES string of the molecule is COc1ccccc1C(=O)N1CCC(S(=O)(=O)c2ccc(F)cc2)CC1. The summed E-state index contributed by atoms with van der Waals surface area (Å²) in [6, 6.07) is 11.8. The lowest BCUT2D eigenvalue weighted by Gasteiger charge is -2.32. The molecule has 0 N–H and O–H groups in total. The number of methoxy groups -OCH3 is 1. The second-order valence-corrected chi connectivity index (χ2v) is 8.42. The first kappa shape index (κ1) is 18.4. The van der Waals surface area contributed by atoms with Crippen LogP contribution in [-0.2, 0) is 9.84 Å². The van der Waals surface area contributed by atoms with E-state index in [9.17, 15) is 17.6 Å². The third kappa shape index (κ3) is 3.58. The predicted octanol–water partition coefficient (Wildman–Crippen LogP) is 2.91. The van der Waals surface area contributed by atoms with Gasteiger partial charge in [0.2, 0.25) is 0 Å². The molecule has 1 amide bonds. The van der Waals surface area contributed by atoms with E-state index in [1.165, 1.54) is 19.2 Å². The van der Waals surface area contributed by atoms with Crippen LogP contribution < -0.4 is 4.74 Å². The Morgan fingerprint density at radius 1 is 1.08 bits per heavy atom. The fourth-order valence-electron chi connectivity index (χ4n) is 3.18. The molecule has 2 aromatic carbocycles. The third-order valence-corrected chi connectivity index (χ3v) is 6.93. The minimum absolute atomic E-state index is 0.119. The van der Waals surface area contributed by atoms with Gasteiger partial charge in [-0.1, -0.05) is 12.1 Å². The van der Waals surface area contributed by atoms with E-state index < -0.39 is 20.9 Å². The molecule has 0 spiro atoms. The number of halogens is 1. The summed E-state index contributed by atoms with van der Waals surface area (Å²) in [5.41, 5.74) is 0.467. The molecule has 0 saturated carbocycles. The van der Waals surface area contributed by atoms with Crippen LogP contribution in [0.4, 0.5) is 4.39 Å². The zero-order valence-electron chi connectivity index (χ0n) is 14.4. The van der Waals surface area contributed by atoms with Gasteiger partial charge < -0.3 is 9.64 Å². The van der Waals surface area contributed by atoms with Crippen molar-refractivity contribution in [2.24, 2.45) is 0 Å². The number of piperidine rings is 1. The molecule has 0 bridgehead atoms. The summed E-state index contributed by atoms with van der Waals surface area (Å²) in [5, 5.41) is -0.574. The first-order valence-corrected chi connectivity index (χ1v) is 9.90. The monoisotopic (exact) mass is 377 g/mol. The predicted molar refractivity (Wildman–Crippen MR) is 95.5 cm³/mol. The summed E-state index contributed by atoms with van der Waals surface area (Å²) in [4.78, 5) is 14.5. The van der Waals surface area contributed by atoms with Gasteiger partial charge in [0.05, 0.1) is 22.8 Å². The Morgan fingerprint density at radius 3 is 2.31 bits per heavy atom. The maximum absolute atomic E-state index is 13.0. The molecular weight excluding hydrogens is 357 g/mol. The van der Waals surface area contributed by atoms with E-state index in [1.54, 1.807) is 29.2 Å². The first-order valence-electron chi connectivity index (χ1n) is 8.35. The standard InChI is InChI=1S/C19H20FNO4S/c1-25-18-5-3-2-4-17(18)19(22)21-12-10-16(11-13-21)26(23,24)15-8-6-14(20)7-9-15/h2-9,16H,10-13H2,1H3. The van der Waals surface area contributed by atoms with E-state index in [0.29, 0.717) is 37.2 Å². The van der Waals surface area contributed by atoms with Crippen molar-refractivity contribution in [1.82, 2.24) is 4.90 Å². The van der Waals surface area contributed by atoms with Gasteiger partial charge in [0.15, 0.2) is 9.84 Å². The Balaban J connectivity index is 1.71. The smallest absolute Gasteiger partial charge is 0.257 e. The molecule has 1 saturated heterocycles. The second kappa shape index (κ2) is 7.45. The normalized spacial score (nSPS) is 15.7. The van der Waals surface area contributed by atoms with Gasteiger partial charge in [-0.3, -0.25) is 4.79 Å². The number of rotatable bonds is 4. The Labute approximate surface area is 152 Å². The molecule has 0 radical (unpaired) electrons. The summed E-state index contributed by atoms with van der Waals surface area (Å²) >= 11 is 0. The molecule has 5 nitrogen and oxygen atoms in total. The van der Waals surface area contributed by atoms with Gasteiger partial charge in [-0.15, -0.1) is 0 Å². The summed E-state index contributed by atoms with van der Waals surface area (Å²) in [5.74, 6) is -0.139. The Morgan fingerprint density at radius 2 is 1.69 bits per heavy atom. The molecule has 1 fully saturated rings. The van der Waals surface area contributed by atoms with Crippen molar-refractivity contribution < 1.29 is 22.3 Å². The van der Waals surface area contributed by atoms with E-state index in [1.807, 2.05) is 0 Å². The lowest BCUT2D eigenvalue weighted by Crippen LogP contribution is -2.42. The average Bonchev–Trinajstić information content (AvgIpc) is 2.68. The fourth-order valence-corrected chi connectivity index (χ4v) is 4.91. The summed E-state index contributed by atoms with van der Waals surface area (Å²) < 4.78 is 43.7. The highest BCUT2D eigenvalue weighted by molar-refractivity contribution is 7.92. The van der Waals surface area contributed by atoms with E-state index in [-0.39, 0.29) is 10.8 Å². The van der Waals surface area contributed by atoms with Gasteiger partial charge in [-0.05, 0) is 49.2 Å². The molecular formula is C19H20FNO4S. The molecule has 2 aromatic rings. The van der Waals surface area contributed by atoms with Crippen LogP contribution in [0.25, 0.3) is 0 Å². The van der Waals surface area contributed by atoms with Crippen LogP contribution in [0.5, 0.6) is 5.75 Å². The van der Waals surface area contributed by atoms with Gasteiger partial charge in [-0.25, -0.2) is 12.8 Å². The molecule has 0 aliphatic carbocycles. The average molecular weight is 377 g/mol. The van der Waals surface area contributed by atoms with Crippen molar-refractivity contribution in [1.29, 1.82) is 0 Å². The zero-order chi connectivity index (χ0) is 18.7. The summed E-state index contributed by atoms with van der Waals surface area (Å²) in [6.45, 7) is 0.698. The Kier molecular flexibility index (Phi) is 5.27. The number of carbonyl (C=O) groups excluding carboxylic acids is 1. The highest BCUT2D eigenvalue weighted by atomic mass is 32.2. The lowest BCUT2D eigenvalue weighted by atomic mass is 10.1. The largest absolute Gasteiger partial charge is 0.496 e. The van der Waals surface area contributed by atoms with E-state index in [4.69, 9.17) is 4.74 Å². The second-order valence-electron chi connectivity index (χ2n) is 6.19. The number of benzene rings is 2. The minimum Gasteiger partial charge on any atom is -0.496 e. The van der Waals surface area contributed by atoms with Gasteiger partial charge in [0.25, 0.3) is 5.91 Å². The van der Waals surface area contributed by atoms with Crippen LogP contribution in [0.2, 0.25) is 0 Å². The van der Waals surface area contributed by atoms with Crippen molar-refractivity contribution in [2.75, 3.05) is 20.2 Å². The van der Waals surface area contributed by atoms with E-state index in [0.717, 1.165) is 12.1 Å². The maximum atomic E-state index is 13.0. The molecule has 3 rings (SSSR count). The van der Waals surface area contributed by atoms with E-state index in [2.05, 4.69) is 0 Å². The number of hydrogen-bond donors (Lipinski definition) is 0. The molecule has 1 aliphatic rings. The van der Waals surface area contributed by atoms with E-state index >= 15 is 0 Å². The third-order valence-electron chi connectivity index (χ3n) is 4.65. The highest BCUT2D eigenvalue weighted by Crippen LogP contribution is 2.27. The zero-order valence-corrected chi connectivity index (χ0v) is 15.2. The van der Waals surface area contributed by atoms with Crippen molar-refractivity contribution in [3.63, 3.8) is 0 Å². The number of hydrogen-bond acceptors (Lipinski definition) is 4. The van der Waals surface area contributed by atoms with Crippen LogP contribution >= 0.6 is 0 Å². The van der Waals surface area contributed by atoms with Crippen molar-refractivity contribution in [3.05, 3.63) is 59.9 Å². The van der Waals surface area contributed by atoms with Crippen LogP contribution in [0.3, 0.4) is 0 Å². The first-order chi connectivity index (χ1) is 12.4. The number of para-hydroxylation sites is 1. The van der Waals surface area contributed by atoms with Crippen LogP contribution in [0.15, 0.2) is 53.4 Å². The number of nitrogens with zero attached hydrogens (tertiary/aromatic N) is 1. The Bertz CT molecular complexity index is 888. The maximum Gasteiger partial charge on any atom is 0.257 e. The van der Waals surface area contributed by atoms with Crippen LogP contribution in [-0.4, -0.2) is 44.7 Å². The fraction of sp³-hybridized carbons (Fsp3) is 0.316. The number of sulfone groups is 1. The quantitative estimate of drug-likeness (QED) is 0.769. The van der Waals surface area contributed by atoms with Crippen molar-refractivity contribution in [2.45, 2.75) is 23.0 Å². The lowest BCUT2D eigenvalue weighted by molar-refractivity contribution is 0.0722.